The fourth-order valence-electron chi connectivity index (χ4n) is 4.17. The van der Waals surface area contributed by atoms with Gasteiger partial charge < -0.3 is 21.1 Å². The first-order valence-corrected chi connectivity index (χ1v) is 12.5. The molecule has 31 heavy (non-hydrogen) atoms. The number of rotatable bonds is 8. The molecule has 178 valence electrons. The molecule has 2 aliphatic rings. The van der Waals surface area contributed by atoms with E-state index < -0.39 is 11.6 Å². The fourth-order valence-corrected chi connectivity index (χ4v) is 4.81. The van der Waals surface area contributed by atoms with E-state index in [1.807, 2.05) is 18.7 Å². The minimum absolute atomic E-state index is 0.128. The number of amidine groups is 2. The Hall–Kier alpha value is -1.32. The maximum atomic E-state index is 12.0. The zero-order chi connectivity index (χ0) is 22.9. The van der Waals surface area contributed by atoms with Crippen molar-refractivity contribution in [3.8, 4) is 0 Å². The molecule has 2 amide bonds. The van der Waals surface area contributed by atoms with Gasteiger partial charge in [-0.05, 0) is 63.8 Å². The first-order valence-electron chi connectivity index (χ1n) is 11.7. The summed E-state index contributed by atoms with van der Waals surface area (Å²) in [7, 11) is 0. The average molecular weight is 455 g/mol. The lowest BCUT2D eigenvalue weighted by molar-refractivity contribution is 0.0666. The van der Waals surface area contributed by atoms with Gasteiger partial charge in [0.2, 0.25) is 0 Å². The van der Waals surface area contributed by atoms with Crippen LogP contribution in [0.4, 0.5) is 4.79 Å². The molecule has 8 nitrogen and oxygen atoms in total. The monoisotopic (exact) mass is 454 g/mol. The molecule has 0 aromatic rings. The van der Waals surface area contributed by atoms with E-state index in [0.717, 1.165) is 95.9 Å². The Morgan fingerprint density at radius 2 is 1.90 bits per heavy atom. The standard InChI is InChI=1S/C22H42N6O2S/c1-17(7-6-11-22(2,3)30)10-12-27-13-15-28(16-14-27)20(24)31-19(23)26-21(29)25-18-8-4-5-9-18/h17-18,24,30H,4-16H2,1-3H3,(H3,23,25,26,29). The Morgan fingerprint density at radius 3 is 2.52 bits per heavy atom. The van der Waals surface area contributed by atoms with Crippen LogP contribution in [-0.2, 0) is 0 Å². The Bertz CT molecular complexity index is 608. The van der Waals surface area contributed by atoms with Gasteiger partial charge in [0.05, 0.1) is 5.60 Å². The molecule has 5 N–H and O–H groups in total. The number of carbonyl (C=O) groups excluding carboxylic acids is 1. The topological polar surface area (TPSA) is 118 Å². The van der Waals surface area contributed by atoms with Gasteiger partial charge in [0.15, 0.2) is 10.3 Å². The fraction of sp³-hybridized carbons (Fsp3) is 0.864. The van der Waals surface area contributed by atoms with E-state index in [9.17, 15) is 9.90 Å². The zero-order valence-corrected chi connectivity index (χ0v) is 20.3. The molecule has 0 radical (unpaired) electrons. The summed E-state index contributed by atoms with van der Waals surface area (Å²) in [4.78, 5) is 20.3. The summed E-state index contributed by atoms with van der Waals surface area (Å²) in [6.45, 7) is 10.5. The Kier molecular flexibility index (Phi) is 10.6. The van der Waals surface area contributed by atoms with Gasteiger partial charge in [0, 0.05) is 32.2 Å². The molecule has 1 unspecified atom stereocenters. The highest BCUT2D eigenvalue weighted by molar-refractivity contribution is 8.26. The number of urea groups is 1. The second-order valence-electron chi connectivity index (χ2n) is 9.72. The van der Waals surface area contributed by atoms with Crippen molar-refractivity contribution >= 4 is 28.1 Å². The number of hydrogen-bond acceptors (Lipinski definition) is 5. The average Bonchev–Trinajstić information content (AvgIpc) is 3.18. The molecule has 1 saturated carbocycles. The zero-order valence-electron chi connectivity index (χ0n) is 19.5. The number of amides is 2. The highest BCUT2D eigenvalue weighted by Gasteiger charge is 2.21. The number of carbonyl (C=O) groups is 1. The van der Waals surface area contributed by atoms with Gasteiger partial charge in [-0.2, -0.15) is 4.99 Å². The number of nitrogens with zero attached hydrogens (tertiary/aromatic N) is 3. The molecule has 0 spiro atoms. The van der Waals surface area contributed by atoms with Crippen LogP contribution in [0.1, 0.15) is 72.1 Å². The number of hydrogen-bond donors (Lipinski definition) is 4. The number of nitrogens with two attached hydrogens (primary N) is 1. The minimum atomic E-state index is -0.563. The van der Waals surface area contributed by atoms with Gasteiger partial charge in [-0.25, -0.2) is 4.79 Å². The van der Waals surface area contributed by atoms with Crippen molar-refractivity contribution in [2.75, 3.05) is 32.7 Å². The van der Waals surface area contributed by atoms with Crippen LogP contribution in [0.25, 0.3) is 0 Å². The SMILES string of the molecule is CC(CCCC(C)(C)O)CCN1CCN(C(=N)S/C(N)=N\C(=O)NC2CCCC2)CC1. The second-order valence-corrected chi connectivity index (χ2v) is 10.7. The number of piperazine rings is 1. The van der Waals surface area contributed by atoms with Crippen LogP contribution in [0.15, 0.2) is 4.99 Å². The van der Waals surface area contributed by atoms with E-state index in [1.54, 1.807) is 0 Å². The van der Waals surface area contributed by atoms with E-state index in [1.165, 1.54) is 0 Å². The van der Waals surface area contributed by atoms with Crippen molar-refractivity contribution in [3.63, 3.8) is 0 Å². The van der Waals surface area contributed by atoms with Crippen LogP contribution in [-0.4, -0.2) is 75.6 Å². The maximum absolute atomic E-state index is 12.0. The summed E-state index contributed by atoms with van der Waals surface area (Å²) in [5, 5.41) is 21.5. The van der Waals surface area contributed by atoms with Crippen molar-refractivity contribution in [2.24, 2.45) is 16.6 Å². The van der Waals surface area contributed by atoms with Crippen molar-refractivity contribution in [1.82, 2.24) is 15.1 Å². The van der Waals surface area contributed by atoms with Gasteiger partial charge in [-0.1, -0.05) is 32.6 Å². The van der Waals surface area contributed by atoms with Crippen molar-refractivity contribution in [1.29, 1.82) is 5.41 Å². The number of thioether (sulfide) groups is 1. The predicted octanol–water partition coefficient (Wildman–Crippen LogP) is 3.21. The van der Waals surface area contributed by atoms with Crippen LogP contribution in [0.3, 0.4) is 0 Å². The lowest BCUT2D eigenvalue weighted by Gasteiger charge is -2.36. The van der Waals surface area contributed by atoms with Gasteiger partial charge in [0.1, 0.15) is 0 Å². The molecule has 2 fully saturated rings. The molecule has 1 saturated heterocycles. The molecular weight excluding hydrogens is 412 g/mol. The van der Waals surface area contributed by atoms with Gasteiger partial charge >= 0.3 is 6.03 Å². The predicted molar refractivity (Wildman–Crippen MR) is 130 cm³/mol. The van der Waals surface area contributed by atoms with E-state index in [-0.39, 0.29) is 11.2 Å². The molecule has 1 atom stereocenters. The van der Waals surface area contributed by atoms with E-state index in [4.69, 9.17) is 11.1 Å². The summed E-state index contributed by atoms with van der Waals surface area (Å²) in [6.07, 6.45) is 8.54. The first kappa shape index (κ1) is 25.9. The Morgan fingerprint density at radius 1 is 1.26 bits per heavy atom. The Labute approximate surface area is 191 Å². The molecule has 1 aliphatic carbocycles. The van der Waals surface area contributed by atoms with Crippen molar-refractivity contribution < 1.29 is 9.90 Å². The number of nitrogens with one attached hydrogen (secondary N) is 2. The molecule has 9 heteroatoms. The third kappa shape index (κ3) is 10.7. The van der Waals surface area contributed by atoms with Gasteiger partial charge in [-0.3, -0.25) is 10.3 Å². The molecule has 1 heterocycles. The summed E-state index contributed by atoms with van der Waals surface area (Å²) in [5.41, 5.74) is 5.33. The smallest absolute Gasteiger partial charge is 0.343 e. The number of aliphatic imine (C=N–C) groups is 1. The van der Waals surface area contributed by atoms with E-state index in [2.05, 4.69) is 22.1 Å². The molecule has 1 aliphatic heterocycles. The van der Waals surface area contributed by atoms with Crippen molar-refractivity contribution in [3.05, 3.63) is 0 Å². The van der Waals surface area contributed by atoms with E-state index >= 15 is 0 Å². The minimum Gasteiger partial charge on any atom is -0.390 e. The normalized spacial score (nSPS) is 20.1. The first-order chi connectivity index (χ1) is 14.6. The molecule has 0 aromatic heterocycles. The third-order valence-corrected chi connectivity index (χ3v) is 6.93. The summed E-state index contributed by atoms with van der Waals surface area (Å²) in [5.74, 6) is 0.653. The highest BCUT2D eigenvalue weighted by atomic mass is 32.2. The van der Waals surface area contributed by atoms with Crippen LogP contribution in [0, 0.1) is 11.3 Å². The largest absolute Gasteiger partial charge is 0.390 e. The summed E-state index contributed by atoms with van der Waals surface area (Å²) in [6, 6.07) is -0.183. The van der Waals surface area contributed by atoms with Crippen molar-refractivity contribution in [2.45, 2.75) is 83.8 Å². The molecular formula is C22H42N6O2S. The van der Waals surface area contributed by atoms with Gasteiger partial charge in [0.25, 0.3) is 0 Å². The maximum Gasteiger partial charge on any atom is 0.343 e. The van der Waals surface area contributed by atoms with Crippen LogP contribution in [0.2, 0.25) is 0 Å². The third-order valence-electron chi connectivity index (χ3n) is 6.18. The summed E-state index contributed by atoms with van der Waals surface area (Å²) < 4.78 is 0. The summed E-state index contributed by atoms with van der Waals surface area (Å²) >= 11 is 1.06. The highest BCUT2D eigenvalue weighted by Crippen LogP contribution is 2.19. The molecule has 2 rings (SSSR count). The Balaban J connectivity index is 1.62. The van der Waals surface area contributed by atoms with Crippen LogP contribution < -0.4 is 11.1 Å². The lowest BCUT2D eigenvalue weighted by atomic mass is 9.95. The molecule has 0 aromatic carbocycles. The second kappa shape index (κ2) is 12.6. The van der Waals surface area contributed by atoms with E-state index in [0.29, 0.717) is 11.1 Å². The lowest BCUT2D eigenvalue weighted by Crippen LogP contribution is -2.48. The molecule has 0 bridgehead atoms. The number of aliphatic hydroxyl groups is 1. The van der Waals surface area contributed by atoms with Gasteiger partial charge in [-0.15, -0.1) is 0 Å². The quantitative estimate of drug-likeness (QED) is 0.330. The van der Waals surface area contributed by atoms with Crippen LogP contribution >= 0.6 is 11.8 Å². The van der Waals surface area contributed by atoms with Crippen LogP contribution in [0.5, 0.6) is 0 Å².